The van der Waals surface area contributed by atoms with Gasteiger partial charge in [-0.1, -0.05) is 23.7 Å². The number of hydrogen-bond acceptors (Lipinski definition) is 6. The molecule has 0 atom stereocenters. The first-order valence-corrected chi connectivity index (χ1v) is 10.7. The minimum absolute atomic E-state index is 0.117. The normalized spacial score (nSPS) is 17.6. The lowest BCUT2D eigenvalue weighted by Crippen LogP contribution is -2.52. The molecular weight excluding hydrogens is 432 g/mol. The highest BCUT2D eigenvalue weighted by Crippen LogP contribution is 2.31. The number of anilines is 1. The van der Waals surface area contributed by atoms with E-state index in [9.17, 15) is 9.59 Å². The minimum Gasteiger partial charge on any atom is -0.493 e. The van der Waals surface area contributed by atoms with E-state index in [0.29, 0.717) is 53.9 Å². The van der Waals surface area contributed by atoms with Crippen molar-refractivity contribution in [2.45, 2.75) is 18.5 Å². The number of likely N-dealkylation sites (tertiary alicyclic amines) is 1. The van der Waals surface area contributed by atoms with Gasteiger partial charge in [0, 0.05) is 48.3 Å². The SMILES string of the molecule is COc1ccc(NC(=O)CN2CCC3(CC2)N=C(c2ccc(Cl)cc2)C(=O)N3)cc1OC. The number of amides is 2. The van der Waals surface area contributed by atoms with Gasteiger partial charge in [-0.3, -0.25) is 19.5 Å². The van der Waals surface area contributed by atoms with Gasteiger partial charge < -0.3 is 20.1 Å². The Hall–Kier alpha value is -3.10. The maximum absolute atomic E-state index is 12.5. The van der Waals surface area contributed by atoms with Crippen LogP contribution in [-0.2, 0) is 9.59 Å². The van der Waals surface area contributed by atoms with Crippen molar-refractivity contribution in [3.63, 3.8) is 0 Å². The van der Waals surface area contributed by atoms with Crippen molar-refractivity contribution in [2.24, 2.45) is 4.99 Å². The van der Waals surface area contributed by atoms with E-state index in [0.717, 1.165) is 5.56 Å². The largest absolute Gasteiger partial charge is 0.493 e. The molecule has 2 heterocycles. The van der Waals surface area contributed by atoms with E-state index in [1.807, 2.05) is 0 Å². The van der Waals surface area contributed by atoms with E-state index >= 15 is 0 Å². The molecule has 8 nitrogen and oxygen atoms in total. The Bertz CT molecular complexity index is 1050. The molecule has 1 saturated heterocycles. The van der Waals surface area contributed by atoms with Crippen LogP contribution in [0.15, 0.2) is 47.5 Å². The summed E-state index contributed by atoms with van der Waals surface area (Å²) in [7, 11) is 3.12. The van der Waals surface area contributed by atoms with Crippen molar-refractivity contribution in [3.8, 4) is 11.5 Å². The van der Waals surface area contributed by atoms with Crippen LogP contribution < -0.4 is 20.1 Å². The summed E-state index contributed by atoms with van der Waals surface area (Å²) in [6.45, 7) is 1.56. The Labute approximate surface area is 191 Å². The van der Waals surface area contributed by atoms with Crippen molar-refractivity contribution in [2.75, 3.05) is 39.2 Å². The maximum atomic E-state index is 12.5. The molecule has 2 aromatic carbocycles. The number of carbonyl (C=O) groups is 2. The van der Waals surface area contributed by atoms with Gasteiger partial charge >= 0.3 is 0 Å². The molecule has 2 amide bonds. The van der Waals surface area contributed by atoms with E-state index in [4.69, 9.17) is 26.1 Å². The standard InChI is InChI=1S/C23H25ClN4O4/c1-31-18-8-7-17(13-19(18)32-2)25-20(29)14-28-11-9-23(10-12-28)26-21(22(30)27-23)15-3-5-16(24)6-4-15/h3-8,13H,9-12,14H2,1-2H3,(H,25,29)(H,27,30). The molecule has 4 rings (SSSR count). The highest BCUT2D eigenvalue weighted by Gasteiger charge is 2.42. The Morgan fingerprint density at radius 1 is 1.12 bits per heavy atom. The highest BCUT2D eigenvalue weighted by atomic mass is 35.5. The smallest absolute Gasteiger partial charge is 0.272 e. The van der Waals surface area contributed by atoms with E-state index in [1.165, 1.54) is 0 Å². The molecule has 2 aliphatic rings. The van der Waals surface area contributed by atoms with Crippen molar-refractivity contribution >= 4 is 34.8 Å². The summed E-state index contributed by atoms with van der Waals surface area (Å²) in [4.78, 5) is 31.8. The van der Waals surface area contributed by atoms with E-state index in [1.54, 1.807) is 56.7 Å². The van der Waals surface area contributed by atoms with Gasteiger partial charge in [0.1, 0.15) is 11.4 Å². The molecule has 0 aromatic heterocycles. The number of halogens is 1. The van der Waals surface area contributed by atoms with Crippen LogP contribution in [0.1, 0.15) is 18.4 Å². The van der Waals surface area contributed by atoms with Crippen LogP contribution in [0.2, 0.25) is 5.02 Å². The summed E-state index contributed by atoms with van der Waals surface area (Å²) < 4.78 is 10.5. The van der Waals surface area contributed by atoms with Crippen LogP contribution in [0.3, 0.4) is 0 Å². The predicted molar refractivity (Wildman–Crippen MR) is 123 cm³/mol. The van der Waals surface area contributed by atoms with E-state index in [2.05, 4.69) is 15.5 Å². The number of ether oxygens (including phenoxy) is 2. The first kappa shape index (κ1) is 22.1. The van der Waals surface area contributed by atoms with Crippen molar-refractivity contribution in [1.29, 1.82) is 0 Å². The molecule has 32 heavy (non-hydrogen) atoms. The number of nitrogens with one attached hydrogen (secondary N) is 2. The molecule has 168 valence electrons. The fraction of sp³-hybridized carbons (Fsp3) is 0.348. The van der Waals surface area contributed by atoms with Crippen LogP contribution in [0.25, 0.3) is 0 Å². The molecule has 2 aromatic rings. The summed E-state index contributed by atoms with van der Waals surface area (Å²) >= 11 is 5.94. The fourth-order valence-corrected chi connectivity index (χ4v) is 4.13. The number of rotatable bonds is 6. The first-order valence-electron chi connectivity index (χ1n) is 10.3. The average Bonchev–Trinajstić information content (AvgIpc) is 3.11. The summed E-state index contributed by atoms with van der Waals surface area (Å²) in [5.74, 6) is 0.862. The lowest BCUT2D eigenvalue weighted by atomic mass is 9.98. The zero-order valence-corrected chi connectivity index (χ0v) is 18.7. The number of piperidine rings is 1. The third-order valence-corrected chi connectivity index (χ3v) is 5.97. The molecule has 2 aliphatic heterocycles. The molecule has 0 aliphatic carbocycles. The second-order valence-electron chi connectivity index (χ2n) is 7.85. The number of carbonyl (C=O) groups excluding carboxylic acids is 2. The lowest BCUT2D eigenvalue weighted by molar-refractivity contribution is -0.119. The molecule has 1 fully saturated rings. The van der Waals surface area contributed by atoms with Crippen LogP contribution in [-0.4, -0.2) is 61.9 Å². The molecule has 0 unspecified atom stereocenters. The summed E-state index contributed by atoms with van der Waals surface area (Å²) in [6, 6.07) is 12.3. The van der Waals surface area contributed by atoms with Gasteiger partial charge in [0.15, 0.2) is 11.5 Å². The molecule has 0 saturated carbocycles. The maximum Gasteiger partial charge on any atom is 0.272 e. The Morgan fingerprint density at radius 3 is 2.47 bits per heavy atom. The van der Waals surface area contributed by atoms with Gasteiger partial charge in [0.2, 0.25) is 5.91 Å². The number of methoxy groups -OCH3 is 2. The topological polar surface area (TPSA) is 92.3 Å². The fourth-order valence-electron chi connectivity index (χ4n) is 4.00. The monoisotopic (exact) mass is 456 g/mol. The predicted octanol–water partition coefficient (Wildman–Crippen LogP) is 2.71. The zero-order valence-electron chi connectivity index (χ0n) is 18.0. The molecular formula is C23H25ClN4O4. The third-order valence-electron chi connectivity index (χ3n) is 5.72. The van der Waals surface area contributed by atoms with Gasteiger partial charge in [-0.25, -0.2) is 0 Å². The number of aliphatic imine (C=N–C) groups is 1. The van der Waals surface area contributed by atoms with Crippen LogP contribution in [0.5, 0.6) is 11.5 Å². The van der Waals surface area contributed by atoms with E-state index in [-0.39, 0.29) is 18.4 Å². The number of benzene rings is 2. The molecule has 0 radical (unpaired) electrons. The molecule has 9 heteroatoms. The van der Waals surface area contributed by atoms with Crippen molar-refractivity contribution in [3.05, 3.63) is 53.1 Å². The van der Waals surface area contributed by atoms with Crippen LogP contribution >= 0.6 is 11.6 Å². The molecule has 1 spiro atoms. The quantitative estimate of drug-likeness (QED) is 0.697. The average molecular weight is 457 g/mol. The Balaban J connectivity index is 1.34. The van der Waals surface area contributed by atoms with Gasteiger partial charge in [0.25, 0.3) is 5.91 Å². The lowest BCUT2D eigenvalue weighted by Gasteiger charge is -2.36. The van der Waals surface area contributed by atoms with Crippen molar-refractivity contribution < 1.29 is 19.1 Å². The molecule has 2 N–H and O–H groups in total. The third kappa shape index (κ3) is 4.71. The van der Waals surface area contributed by atoms with Crippen LogP contribution in [0.4, 0.5) is 5.69 Å². The number of nitrogens with zero attached hydrogens (tertiary/aromatic N) is 2. The van der Waals surface area contributed by atoms with Crippen LogP contribution in [0, 0.1) is 0 Å². The van der Waals surface area contributed by atoms with E-state index < -0.39 is 5.66 Å². The Kier molecular flexibility index (Phi) is 6.34. The highest BCUT2D eigenvalue weighted by molar-refractivity contribution is 6.47. The Morgan fingerprint density at radius 2 is 1.81 bits per heavy atom. The summed E-state index contributed by atoms with van der Waals surface area (Å²) in [5, 5.41) is 6.55. The van der Waals surface area contributed by atoms with Gasteiger partial charge in [-0.05, 0) is 24.3 Å². The molecule has 0 bridgehead atoms. The van der Waals surface area contributed by atoms with Gasteiger partial charge in [0.05, 0.1) is 20.8 Å². The second kappa shape index (κ2) is 9.18. The van der Waals surface area contributed by atoms with Gasteiger partial charge in [-0.2, -0.15) is 0 Å². The second-order valence-corrected chi connectivity index (χ2v) is 8.28. The van der Waals surface area contributed by atoms with Gasteiger partial charge in [-0.15, -0.1) is 0 Å². The zero-order chi connectivity index (χ0) is 22.7. The summed E-state index contributed by atoms with van der Waals surface area (Å²) in [5.41, 5.74) is 1.21. The first-order chi connectivity index (χ1) is 15.4. The van der Waals surface area contributed by atoms with Crippen molar-refractivity contribution in [1.82, 2.24) is 10.2 Å². The minimum atomic E-state index is -0.609. The summed E-state index contributed by atoms with van der Waals surface area (Å²) in [6.07, 6.45) is 1.28. The number of hydrogen-bond donors (Lipinski definition) is 2.